The Morgan fingerprint density at radius 2 is 2.10 bits per heavy atom. The fraction of sp³-hybridized carbons (Fsp3) is 0.500. The first kappa shape index (κ1) is 16.5. The highest BCUT2D eigenvalue weighted by Crippen LogP contribution is 2.16. The summed E-state index contributed by atoms with van der Waals surface area (Å²) < 4.78 is 24.4. The van der Waals surface area contributed by atoms with E-state index in [0.29, 0.717) is 43.5 Å². The number of halogens is 1. The summed E-state index contributed by atoms with van der Waals surface area (Å²) in [7, 11) is 0. The Morgan fingerprint density at radius 3 is 2.75 bits per heavy atom. The van der Waals surface area contributed by atoms with Gasteiger partial charge in [-0.15, -0.1) is 0 Å². The Hall–Kier alpha value is -1.57. The zero-order chi connectivity index (χ0) is 14.8. The Balaban J connectivity index is 2.41. The zero-order valence-electron chi connectivity index (χ0n) is 12.0. The maximum Gasteiger partial charge on any atom is 0.142 e. The third-order valence-electron chi connectivity index (χ3n) is 2.35. The average molecular weight is 280 g/mol. The molecule has 0 heterocycles. The van der Waals surface area contributed by atoms with Gasteiger partial charge in [-0.05, 0) is 18.1 Å². The second kappa shape index (κ2) is 9.35. The fourth-order valence-corrected chi connectivity index (χ4v) is 1.44. The lowest BCUT2D eigenvalue weighted by molar-refractivity contribution is 0.0818. The van der Waals surface area contributed by atoms with Gasteiger partial charge in [-0.3, -0.25) is 0 Å². The Morgan fingerprint density at radius 1 is 1.30 bits per heavy atom. The Kier molecular flexibility index (Phi) is 7.71. The largest absolute Gasteiger partial charge is 0.491 e. The summed E-state index contributed by atoms with van der Waals surface area (Å²) in [4.78, 5) is 0. The molecule has 110 valence electrons. The number of hydrogen-bond donors (Lipinski definition) is 1. The topological polar surface area (TPSA) is 38.7 Å². The van der Waals surface area contributed by atoms with E-state index in [2.05, 4.69) is 25.7 Å². The van der Waals surface area contributed by atoms with Crippen LogP contribution in [0.2, 0.25) is 0 Å². The van der Waals surface area contributed by atoms with Crippen LogP contribution in [-0.4, -0.2) is 31.5 Å². The van der Waals surface area contributed by atoms with Crippen molar-refractivity contribution in [2.45, 2.75) is 20.3 Å². The maximum absolute atomic E-state index is 13.7. The minimum atomic E-state index is -0.420. The average Bonchev–Trinajstić information content (AvgIpc) is 2.40. The zero-order valence-corrected chi connectivity index (χ0v) is 12.0. The van der Waals surface area contributed by atoms with Crippen molar-refractivity contribution in [3.05, 3.63) is 29.6 Å². The molecule has 0 unspecified atom stereocenters. The Bertz CT molecular complexity index is 461. The monoisotopic (exact) mass is 280 g/mol. The minimum absolute atomic E-state index is 0.0216. The first-order valence-electron chi connectivity index (χ1n) is 6.73. The molecule has 20 heavy (non-hydrogen) atoms. The lowest BCUT2D eigenvalue weighted by Crippen LogP contribution is -2.10. The van der Waals surface area contributed by atoms with E-state index in [4.69, 9.17) is 14.6 Å². The van der Waals surface area contributed by atoms with Crippen LogP contribution < -0.4 is 4.74 Å². The number of hydrogen-bond acceptors (Lipinski definition) is 3. The summed E-state index contributed by atoms with van der Waals surface area (Å²) in [5.74, 6) is 5.88. The van der Waals surface area contributed by atoms with Gasteiger partial charge in [0, 0.05) is 19.1 Å². The number of rotatable bonds is 7. The van der Waals surface area contributed by atoms with Gasteiger partial charge in [0.1, 0.15) is 18.2 Å². The van der Waals surface area contributed by atoms with Crippen LogP contribution >= 0.6 is 0 Å². The third kappa shape index (κ3) is 6.55. The Labute approximate surface area is 119 Å². The minimum Gasteiger partial charge on any atom is -0.491 e. The lowest BCUT2D eigenvalue weighted by atomic mass is 10.2. The molecule has 4 heteroatoms. The highest BCUT2D eigenvalue weighted by atomic mass is 19.1. The summed E-state index contributed by atoms with van der Waals surface area (Å²) >= 11 is 0. The SMILES string of the molecule is CC(C)COCCOc1ccc(C#CCCO)c(F)c1. The van der Waals surface area contributed by atoms with Crippen LogP contribution in [0.3, 0.4) is 0 Å². The van der Waals surface area contributed by atoms with Gasteiger partial charge < -0.3 is 14.6 Å². The summed E-state index contributed by atoms with van der Waals surface area (Å²) in [6.07, 6.45) is 0.338. The molecular formula is C16H21FO3. The van der Waals surface area contributed by atoms with E-state index < -0.39 is 5.82 Å². The van der Waals surface area contributed by atoms with E-state index in [9.17, 15) is 4.39 Å². The van der Waals surface area contributed by atoms with E-state index in [1.807, 2.05) is 0 Å². The van der Waals surface area contributed by atoms with E-state index in [1.165, 1.54) is 6.07 Å². The molecule has 0 aromatic heterocycles. The smallest absolute Gasteiger partial charge is 0.142 e. The van der Waals surface area contributed by atoms with Gasteiger partial charge in [-0.1, -0.05) is 25.7 Å². The maximum atomic E-state index is 13.7. The van der Waals surface area contributed by atoms with Crippen LogP contribution in [0.5, 0.6) is 5.75 Å². The quantitative estimate of drug-likeness (QED) is 0.616. The molecule has 1 N–H and O–H groups in total. The summed E-state index contributed by atoms with van der Waals surface area (Å²) in [5.41, 5.74) is 0.307. The molecule has 0 saturated heterocycles. The molecule has 0 aliphatic carbocycles. The van der Waals surface area contributed by atoms with Gasteiger partial charge in [0.15, 0.2) is 0 Å². The molecule has 0 spiro atoms. The van der Waals surface area contributed by atoms with Crippen LogP contribution in [0.4, 0.5) is 4.39 Å². The highest BCUT2D eigenvalue weighted by molar-refractivity contribution is 5.39. The molecule has 0 fully saturated rings. The molecule has 0 atom stereocenters. The van der Waals surface area contributed by atoms with Gasteiger partial charge in [0.2, 0.25) is 0 Å². The number of ether oxygens (including phenoxy) is 2. The molecular weight excluding hydrogens is 259 g/mol. The van der Waals surface area contributed by atoms with E-state index in [-0.39, 0.29) is 6.61 Å². The normalized spacial score (nSPS) is 10.2. The first-order chi connectivity index (χ1) is 9.63. The molecule has 3 nitrogen and oxygen atoms in total. The van der Waals surface area contributed by atoms with Crippen LogP contribution in [-0.2, 0) is 4.74 Å². The molecule has 1 aromatic carbocycles. The fourth-order valence-electron chi connectivity index (χ4n) is 1.44. The van der Waals surface area contributed by atoms with Crippen molar-refractivity contribution in [2.24, 2.45) is 5.92 Å². The number of benzene rings is 1. The lowest BCUT2D eigenvalue weighted by Gasteiger charge is -2.09. The van der Waals surface area contributed by atoms with Crippen LogP contribution in [0.1, 0.15) is 25.8 Å². The van der Waals surface area contributed by atoms with Crippen LogP contribution in [0.15, 0.2) is 18.2 Å². The van der Waals surface area contributed by atoms with E-state index in [1.54, 1.807) is 12.1 Å². The van der Waals surface area contributed by atoms with Crippen molar-refractivity contribution < 1.29 is 19.0 Å². The van der Waals surface area contributed by atoms with Gasteiger partial charge in [0.05, 0.1) is 18.8 Å². The van der Waals surface area contributed by atoms with E-state index in [0.717, 1.165) is 0 Å². The second-order valence-corrected chi connectivity index (χ2v) is 4.73. The number of aliphatic hydroxyl groups is 1. The third-order valence-corrected chi connectivity index (χ3v) is 2.35. The number of aliphatic hydroxyl groups excluding tert-OH is 1. The van der Waals surface area contributed by atoms with Crippen molar-refractivity contribution >= 4 is 0 Å². The second-order valence-electron chi connectivity index (χ2n) is 4.73. The highest BCUT2D eigenvalue weighted by Gasteiger charge is 2.02. The molecule has 1 aromatic rings. The molecule has 0 amide bonds. The summed E-state index contributed by atoms with van der Waals surface area (Å²) in [6.45, 7) is 5.70. The molecule has 0 bridgehead atoms. The predicted octanol–water partition coefficient (Wildman–Crippen LogP) is 2.61. The molecule has 0 aliphatic rings. The van der Waals surface area contributed by atoms with Gasteiger partial charge in [-0.25, -0.2) is 4.39 Å². The van der Waals surface area contributed by atoms with Gasteiger partial charge >= 0.3 is 0 Å². The van der Waals surface area contributed by atoms with Gasteiger partial charge in [0.25, 0.3) is 0 Å². The summed E-state index contributed by atoms with van der Waals surface area (Å²) in [5, 5.41) is 8.60. The summed E-state index contributed by atoms with van der Waals surface area (Å²) in [6, 6.07) is 4.56. The van der Waals surface area contributed by atoms with Crippen molar-refractivity contribution in [1.82, 2.24) is 0 Å². The van der Waals surface area contributed by atoms with Crippen molar-refractivity contribution in [3.8, 4) is 17.6 Å². The van der Waals surface area contributed by atoms with Crippen molar-refractivity contribution in [2.75, 3.05) is 26.4 Å². The van der Waals surface area contributed by atoms with Crippen LogP contribution in [0, 0.1) is 23.6 Å². The molecule has 0 saturated carbocycles. The standard InChI is InChI=1S/C16H21FO3/c1-13(2)12-19-9-10-20-15-7-6-14(16(17)11-15)5-3-4-8-18/h6-7,11,13,18H,4,8-10,12H2,1-2H3. The molecule has 0 radical (unpaired) electrons. The van der Waals surface area contributed by atoms with Crippen molar-refractivity contribution in [3.63, 3.8) is 0 Å². The van der Waals surface area contributed by atoms with Gasteiger partial charge in [-0.2, -0.15) is 0 Å². The van der Waals surface area contributed by atoms with E-state index >= 15 is 0 Å². The molecule has 0 aliphatic heterocycles. The van der Waals surface area contributed by atoms with Crippen molar-refractivity contribution in [1.29, 1.82) is 0 Å². The predicted molar refractivity (Wildman–Crippen MR) is 76.1 cm³/mol. The first-order valence-corrected chi connectivity index (χ1v) is 6.73. The van der Waals surface area contributed by atoms with Crippen LogP contribution in [0.25, 0.3) is 0 Å². The molecule has 1 rings (SSSR count).